The number of carbonyl (C=O) groups excluding carboxylic acids is 1. The van der Waals surface area contributed by atoms with Gasteiger partial charge in [0.15, 0.2) is 0 Å². The van der Waals surface area contributed by atoms with Crippen molar-refractivity contribution in [3.8, 4) is 11.5 Å². The zero-order chi connectivity index (χ0) is 24.1. The highest BCUT2D eigenvalue weighted by atomic mass is 16.6. The molecule has 182 valence electrons. The number of aryl methyl sites for hydroxylation is 2. The van der Waals surface area contributed by atoms with Crippen LogP contribution in [0.5, 0.6) is 11.5 Å². The summed E-state index contributed by atoms with van der Waals surface area (Å²) in [6, 6.07) is 10.7. The highest BCUT2D eigenvalue weighted by molar-refractivity contribution is 6.12. The summed E-state index contributed by atoms with van der Waals surface area (Å²) >= 11 is 0. The van der Waals surface area contributed by atoms with Crippen LogP contribution in [0.15, 0.2) is 30.3 Å². The number of carbonyl (C=O) groups is 1. The molecule has 1 amide bonds. The third-order valence-electron chi connectivity index (χ3n) is 6.67. The zero-order valence-electron chi connectivity index (χ0n) is 21.0. The number of likely N-dealkylation sites (tertiary alicyclic amines) is 1. The highest BCUT2D eigenvalue weighted by Crippen LogP contribution is 2.45. The molecule has 5 nitrogen and oxygen atoms in total. The van der Waals surface area contributed by atoms with Crippen LogP contribution in [0.3, 0.4) is 0 Å². The van der Waals surface area contributed by atoms with Gasteiger partial charge in [0.1, 0.15) is 18.1 Å². The zero-order valence-corrected chi connectivity index (χ0v) is 21.0. The first kappa shape index (κ1) is 24.2. The Morgan fingerprint density at radius 1 is 0.794 bits per heavy atom. The maximum Gasteiger partial charge on any atom is 0.410 e. The number of hydrogen-bond donors (Lipinski definition) is 0. The SMILES string of the molecule is CCOc1c2cc(COC(=O)N3CCCCC3)ccc2c(OCC)c2c(CC)cc(CC)cc12. The van der Waals surface area contributed by atoms with E-state index in [0.717, 1.165) is 77.4 Å². The lowest BCUT2D eigenvalue weighted by Gasteiger charge is -2.25. The number of benzene rings is 3. The molecule has 0 unspecified atom stereocenters. The summed E-state index contributed by atoms with van der Waals surface area (Å²) < 4.78 is 18.2. The molecular formula is C29H37NO4. The summed E-state index contributed by atoms with van der Waals surface area (Å²) in [5, 5.41) is 4.26. The van der Waals surface area contributed by atoms with Gasteiger partial charge in [-0.3, -0.25) is 0 Å². The minimum atomic E-state index is -0.224. The Hall–Kier alpha value is -2.95. The second-order valence-corrected chi connectivity index (χ2v) is 8.89. The Bertz CT molecular complexity index is 1160. The Morgan fingerprint density at radius 3 is 2.18 bits per heavy atom. The van der Waals surface area contributed by atoms with E-state index in [-0.39, 0.29) is 12.7 Å². The number of rotatable bonds is 8. The van der Waals surface area contributed by atoms with Crippen molar-refractivity contribution in [2.45, 2.75) is 66.4 Å². The van der Waals surface area contributed by atoms with E-state index in [4.69, 9.17) is 14.2 Å². The van der Waals surface area contributed by atoms with Gasteiger partial charge in [-0.2, -0.15) is 0 Å². The topological polar surface area (TPSA) is 48.0 Å². The van der Waals surface area contributed by atoms with Gasteiger partial charge in [-0.25, -0.2) is 4.79 Å². The number of hydrogen-bond acceptors (Lipinski definition) is 4. The number of piperidine rings is 1. The lowest BCUT2D eigenvalue weighted by atomic mass is 9.92. The molecule has 5 heteroatoms. The van der Waals surface area contributed by atoms with Crippen LogP contribution in [0, 0.1) is 0 Å². The van der Waals surface area contributed by atoms with Crippen LogP contribution in [-0.4, -0.2) is 37.3 Å². The Balaban J connectivity index is 1.81. The first-order chi connectivity index (χ1) is 16.6. The van der Waals surface area contributed by atoms with Crippen LogP contribution in [0.25, 0.3) is 21.5 Å². The molecular weight excluding hydrogens is 426 g/mol. The highest BCUT2D eigenvalue weighted by Gasteiger charge is 2.21. The Kier molecular flexibility index (Phi) is 7.81. The summed E-state index contributed by atoms with van der Waals surface area (Å²) in [5.41, 5.74) is 3.52. The van der Waals surface area contributed by atoms with Crippen LogP contribution in [0.1, 0.15) is 63.6 Å². The van der Waals surface area contributed by atoms with Gasteiger partial charge in [-0.05, 0) is 74.8 Å². The lowest BCUT2D eigenvalue weighted by molar-refractivity contribution is 0.0895. The third-order valence-corrected chi connectivity index (χ3v) is 6.67. The molecule has 0 saturated carbocycles. The summed E-state index contributed by atoms with van der Waals surface area (Å²) in [7, 11) is 0. The smallest absolute Gasteiger partial charge is 0.410 e. The molecule has 3 aromatic carbocycles. The van der Waals surface area contributed by atoms with E-state index < -0.39 is 0 Å². The molecule has 0 aromatic heterocycles. The van der Waals surface area contributed by atoms with Gasteiger partial charge in [0.25, 0.3) is 0 Å². The Morgan fingerprint density at radius 2 is 1.50 bits per heavy atom. The fraction of sp³-hybridized carbons (Fsp3) is 0.483. The van der Waals surface area contributed by atoms with Crippen LogP contribution in [0.4, 0.5) is 4.79 Å². The van der Waals surface area contributed by atoms with Crippen LogP contribution >= 0.6 is 0 Å². The minimum absolute atomic E-state index is 0.224. The van der Waals surface area contributed by atoms with E-state index in [9.17, 15) is 4.79 Å². The summed E-state index contributed by atoms with van der Waals surface area (Å²) in [5.74, 6) is 1.79. The summed E-state index contributed by atoms with van der Waals surface area (Å²) in [6.45, 7) is 11.4. The third kappa shape index (κ3) is 4.79. The molecule has 0 radical (unpaired) electrons. The summed E-state index contributed by atoms with van der Waals surface area (Å²) in [6.07, 6.45) is 4.95. The first-order valence-corrected chi connectivity index (χ1v) is 12.8. The second kappa shape index (κ2) is 11.0. The molecule has 0 N–H and O–H groups in total. The lowest BCUT2D eigenvalue weighted by Crippen LogP contribution is -2.35. The van der Waals surface area contributed by atoms with E-state index in [1.165, 1.54) is 17.5 Å². The average molecular weight is 464 g/mol. The number of fused-ring (bicyclic) bond motifs is 2. The van der Waals surface area contributed by atoms with E-state index in [2.05, 4.69) is 38.1 Å². The molecule has 0 aliphatic carbocycles. The van der Waals surface area contributed by atoms with Crippen molar-refractivity contribution in [3.63, 3.8) is 0 Å². The Labute approximate surface area is 203 Å². The van der Waals surface area contributed by atoms with Gasteiger partial charge in [0.2, 0.25) is 0 Å². The van der Waals surface area contributed by atoms with Gasteiger partial charge < -0.3 is 19.1 Å². The van der Waals surface area contributed by atoms with Crippen molar-refractivity contribution in [2.75, 3.05) is 26.3 Å². The number of nitrogens with zero attached hydrogens (tertiary/aromatic N) is 1. The maximum atomic E-state index is 12.5. The second-order valence-electron chi connectivity index (χ2n) is 8.89. The molecule has 34 heavy (non-hydrogen) atoms. The quantitative estimate of drug-likeness (QED) is 0.336. The standard InChI is InChI=1S/C29H37NO4/c1-5-20-16-22(6-2)26-25(17-20)27(32-7-3)24-18-21(12-13-23(24)28(26)33-8-4)19-34-29(31)30-14-10-9-11-15-30/h12-13,16-18H,5-11,14-15,19H2,1-4H3. The van der Waals surface area contributed by atoms with Crippen LogP contribution in [-0.2, 0) is 24.2 Å². The fourth-order valence-corrected chi connectivity index (χ4v) is 4.95. The maximum absolute atomic E-state index is 12.5. The predicted octanol–water partition coefficient (Wildman–Crippen LogP) is 7.04. The molecule has 0 bridgehead atoms. The molecule has 1 aliphatic heterocycles. The monoisotopic (exact) mass is 463 g/mol. The van der Waals surface area contributed by atoms with E-state index in [1.54, 1.807) is 0 Å². The molecule has 3 aromatic rings. The van der Waals surface area contributed by atoms with E-state index in [1.807, 2.05) is 24.8 Å². The van der Waals surface area contributed by atoms with E-state index in [0.29, 0.717) is 13.2 Å². The molecule has 1 heterocycles. The fourth-order valence-electron chi connectivity index (χ4n) is 4.95. The molecule has 1 fully saturated rings. The largest absolute Gasteiger partial charge is 0.493 e. The molecule has 0 spiro atoms. The summed E-state index contributed by atoms with van der Waals surface area (Å²) in [4.78, 5) is 14.3. The van der Waals surface area contributed by atoms with Crippen molar-refractivity contribution in [3.05, 3.63) is 47.0 Å². The molecule has 1 saturated heterocycles. The van der Waals surface area contributed by atoms with Crippen molar-refractivity contribution in [1.82, 2.24) is 4.90 Å². The van der Waals surface area contributed by atoms with E-state index >= 15 is 0 Å². The molecule has 1 aliphatic rings. The predicted molar refractivity (Wildman–Crippen MR) is 138 cm³/mol. The van der Waals surface area contributed by atoms with Crippen molar-refractivity contribution in [1.29, 1.82) is 0 Å². The van der Waals surface area contributed by atoms with Crippen molar-refractivity contribution < 1.29 is 19.0 Å². The van der Waals surface area contributed by atoms with Crippen LogP contribution < -0.4 is 9.47 Å². The van der Waals surface area contributed by atoms with Gasteiger partial charge in [0.05, 0.1) is 13.2 Å². The van der Waals surface area contributed by atoms with Gasteiger partial charge in [-0.15, -0.1) is 0 Å². The van der Waals surface area contributed by atoms with Crippen molar-refractivity contribution >= 4 is 27.6 Å². The average Bonchev–Trinajstić information content (AvgIpc) is 2.88. The minimum Gasteiger partial charge on any atom is -0.493 e. The van der Waals surface area contributed by atoms with Gasteiger partial charge in [-0.1, -0.05) is 32.0 Å². The normalized spacial score (nSPS) is 13.9. The number of amides is 1. The van der Waals surface area contributed by atoms with Gasteiger partial charge >= 0.3 is 6.09 Å². The number of ether oxygens (including phenoxy) is 3. The molecule has 0 atom stereocenters. The van der Waals surface area contributed by atoms with Crippen molar-refractivity contribution in [2.24, 2.45) is 0 Å². The van der Waals surface area contributed by atoms with Gasteiger partial charge in [0, 0.05) is 34.6 Å². The van der Waals surface area contributed by atoms with Crippen LogP contribution in [0.2, 0.25) is 0 Å². The molecule has 4 rings (SSSR count). The first-order valence-electron chi connectivity index (χ1n) is 12.8.